The average Bonchev–Trinajstić information content (AvgIpc) is 3.27. The van der Waals surface area contributed by atoms with Crippen molar-refractivity contribution in [2.24, 2.45) is 5.41 Å². The highest BCUT2D eigenvalue weighted by atomic mass is 19.1. The summed E-state index contributed by atoms with van der Waals surface area (Å²) >= 11 is 0. The summed E-state index contributed by atoms with van der Waals surface area (Å²) in [4.78, 5) is 32.3. The number of aromatic nitrogens is 1. The van der Waals surface area contributed by atoms with Crippen LogP contribution in [-0.4, -0.2) is 29.8 Å². The molecule has 1 aliphatic carbocycles. The van der Waals surface area contributed by atoms with Crippen LogP contribution < -0.4 is 15.5 Å². The number of anilines is 2. The first-order chi connectivity index (χ1) is 19.3. The van der Waals surface area contributed by atoms with E-state index in [0.717, 1.165) is 33.5 Å². The summed E-state index contributed by atoms with van der Waals surface area (Å²) in [6, 6.07) is 21.6. The van der Waals surface area contributed by atoms with E-state index in [-0.39, 0.29) is 23.7 Å². The first-order valence-corrected chi connectivity index (χ1v) is 13.8. The molecule has 2 aliphatic rings. The van der Waals surface area contributed by atoms with Crippen LogP contribution >= 0.6 is 0 Å². The van der Waals surface area contributed by atoms with E-state index >= 15 is 4.39 Å². The van der Waals surface area contributed by atoms with Gasteiger partial charge in [-0.1, -0.05) is 62.4 Å². The highest BCUT2D eigenvalue weighted by Crippen LogP contribution is 2.48. The van der Waals surface area contributed by atoms with E-state index < -0.39 is 11.9 Å². The molecule has 1 aliphatic heterocycles. The van der Waals surface area contributed by atoms with E-state index in [2.05, 4.69) is 35.5 Å². The minimum Gasteiger partial charge on any atom is -0.361 e. The van der Waals surface area contributed by atoms with Gasteiger partial charge in [-0.3, -0.25) is 9.59 Å². The van der Waals surface area contributed by atoms with Gasteiger partial charge in [-0.05, 0) is 48.1 Å². The van der Waals surface area contributed by atoms with Gasteiger partial charge in [0.15, 0.2) is 5.78 Å². The SMILES string of the molecule is CC1(C)CC(=O)C2=C(C1)Nc1ccccc1N(CC(=O)NCCc1c[nH]c3ccccc13)C2c1ccccc1F. The standard InChI is InChI=1S/C33H33FN4O2/c1-33(2)17-27-31(29(39)18-33)32(23-10-3-5-11-24(23)34)38(28-14-8-7-13-26(28)37-27)20-30(40)35-16-15-21-19-36-25-12-6-4-9-22(21)25/h3-14,19,32,36-37H,15-18,20H2,1-2H3,(H,35,40). The van der Waals surface area contributed by atoms with Crippen molar-refractivity contribution in [3.05, 3.63) is 107 Å². The van der Waals surface area contributed by atoms with E-state index in [4.69, 9.17) is 0 Å². The van der Waals surface area contributed by atoms with Gasteiger partial charge in [0, 0.05) is 46.9 Å². The van der Waals surface area contributed by atoms with Crippen molar-refractivity contribution in [2.45, 2.75) is 39.2 Å². The molecule has 1 aromatic heterocycles. The number of H-pyrrole nitrogens is 1. The number of aromatic amines is 1. The van der Waals surface area contributed by atoms with E-state index in [0.29, 0.717) is 36.9 Å². The minimum absolute atomic E-state index is 0.0236. The molecule has 0 saturated carbocycles. The number of rotatable bonds is 6. The maximum absolute atomic E-state index is 15.4. The number of halogens is 1. The summed E-state index contributed by atoms with van der Waals surface area (Å²) in [6.07, 6.45) is 3.66. The zero-order valence-corrected chi connectivity index (χ0v) is 22.8. The fraction of sp³-hybridized carbons (Fsp3) is 0.273. The highest BCUT2D eigenvalue weighted by Gasteiger charge is 2.42. The third-order valence-corrected chi connectivity index (χ3v) is 7.91. The Hall–Kier alpha value is -4.39. The third-order valence-electron chi connectivity index (χ3n) is 7.91. The van der Waals surface area contributed by atoms with Crippen molar-refractivity contribution < 1.29 is 14.0 Å². The highest BCUT2D eigenvalue weighted by molar-refractivity contribution is 6.02. The number of benzene rings is 3. The molecule has 4 aromatic rings. The Balaban J connectivity index is 1.34. The largest absolute Gasteiger partial charge is 0.361 e. The molecule has 6 nitrogen and oxygen atoms in total. The number of fused-ring (bicyclic) bond motifs is 2. The molecular formula is C33H33FN4O2. The van der Waals surface area contributed by atoms with Gasteiger partial charge in [0.25, 0.3) is 0 Å². The van der Waals surface area contributed by atoms with Gasteiger partial charge in [0.1, 0.15) is 5.82 Å². The number of allylic oxidation sites excluding steroid dienone is 1. The maximum atomic E-state index is 15.4. The zero-order chi connectivity index (χ0) is 27.9. The maximum Gasteiger partial charge on any atom is 0.239 e. The second-order valence-corrected chi connectivity index (χ2v) is 11.5. The number of carbonyl (C=O) groups is 2. The van der Waals surface area contributed by atoms with Crippen LogP contribution in [0.2, 0.25) is 0 Å². The van der Waals surface area contributed by atoms with Crippen LogP contribution in [0, 0.1) is 11.2 Å². The summed E-state index contributed by atoms with van der Waals surface area (Å²) in [5, 5.41) is 7.71. The minimum atomic E-state index is -0.740. The number of amides is 1. The molecule has 0 radical (unpaired) electrons. The van der Waals surface area contributed by atoms with Crippen molar-refractivity contribution in [1.82, 2.24) is 10.3 Å². The van der Waals surface area contributed by atoms with Crippen molar-refractivity contribution >= 4 is 34.0 Å². The molecule has 40 heavy (non-hydrogen) atoms. The van der Waals surface area contributed by atoms with Gasteiger partial charge in [0.05, 0.1) is 24.0 Å². The Morgan fingerprint density at radius 3 is 2.62 bits per heavy atom. The molecule has 7 heteroatoms. The molecule has 1 amide bonds. The Labute approximate surface area is 233 Å². The van der Waals surface area contributed by atoms with Gasteiger partial charge < -0.3 is 20.5 Å². The second kappa shape index (κ2) is 10.3. The molecule has 3 N–H and O–H groups in total. The number of Topliss-reactive ketones (excluding diaryl/α,β-unsaturated/α-hetero) is 1. The van der Waals surface area contributed by atoms with Gasteiger partial charge in [-0.15, -0.1) is 0 Å². The molecule has 0 fully saturated rings. The van der Waals surface area contributed by atoms with E-state index in [1.165, 1.54) is 6.07 Å². The van der Waals surface area contributed by atoms with Crippen LogP contribution in [0.1, 0.15) is 43.9 Å². The number of hydrogen-bond acceptors (Lipinski definition) is 4. The molecule has 2 heterocycles. The van der Waals surface area contributed by atoms with Crippen molar-refractivity contribution in [1.29, 1.82) is 0 Å². The lowest BCUT2D eigenvalue weighted by atomic mass is 9.73. The summed E-state index contributed by atoms with van der Waals surface area (Å²) in [6.45, 7) is 4.58. The lowest BCUT2D eigenvalue weighted by molar-refractivity contribution is -0.120. The predicted octanol–water partition coefficient (Wildman–Crippen LogP) is 6.28. The number of nitrogens with one attached hydrogen (secondary N) is 3. The zero-order valence-electron chi connectivity index (χ0n) is 22.8. The Morgan fingerprint density at radius 2 is 1.77 bits per heavy atom. The quantitative estimate of drug-likeness (QED) is 0.271. The molecule has 1 unspecified atom stereocenters. The van der Waals surface area contributed by atoms with Crippen LogP contribution in [0.3, 0.4) is 0 Å². The smallest absolute Gasteiger partial charge is 0.239 e. The molecule has 6 rings (SSSR count). The lowest BCUT2D eigenvalue weighted by Crippen LogP contribution is -2.42. The van der Waals surface area contributed by atoms with Crippen molar-refractivity contribution in [3.8, 4) is 0 Å². The van der Waals surface area contributed by atoms with Crippen LogP contribution in [0.5, 0.6) is 0 Å². The van der Waals surface area contributed by atoms with E-state index in [1.54, 1.807) is 18.2 Å². The van der Waals surface area contributed by atoms with Crippen molar-refractivity contribution in [3.63, 3.8) is 0 Å². The fourth-order valence-electron chi connectivity index (χ4n) is 6.13. The van der Waals surface area contributed by atoms with Gasteiger partial charge in [-0.25, -0.2) is 4.39 Å². The van der Waals surface area contributed by atoms with Crippen LogP contribution in [0.4, 0.5) is 15.8 Å². The Bertz CT molecular complexity index is 1640. The van der Waals surface area contributed by atoms with Gasteiger partial charge >= 0.3 is 0 Å². The fourth-order valence-corrected chi connectivity index (χ4v) is 6.13. The second-order valence-electron chi connectivity index (χ2n) is 11.5. The Kier molecular flexibility index (Phi) is 6.66. The van der Waals surface area contributed by atoms with Crippen LogP contribution in [-0.2, 0) is 16.0 Å². The molecule has 3 aromatic carbocycles. The first-order valence-electron chi connectivity index (χ1n) is 13.8. The summed E-state index contributed by atoms with van der Waals surface area (Å²) in [5.41, 5.74) is 5.23. The molecule has 0 spiro atoms. The monoisotopic (exact) mass is 536 g/mol. The third kappa shape index (κ3) is 4.88. The van der Waals surface area contributed by atoms with Crippen LogP contribution in [0.25, 0.3) is 10.9 Å². The summed E-state index contributed by atoms with van der Waals surface area (Å²) < 4.78 is 15.4. The predicted molar refractivity (Wildman–Crippen MR) is 157 cm³/mol. The Morgan fingerprint density at radius 1 is 1.02 bits per heavy atom. The molecule has 1 atom stereocenters. The summed E-state index contributed by atoms with van der Waals surface area (Å²) in [5.74, 6) is -0.616. The number of para-hydroxylation sites is 3. The number of nitrogens with zero attached hydrogens (tertiary/aromatic N) is 1. The lowest BCUT2D eigenvalue weighted by Gasteiger charge is -2.38. The van der Waals surface area contributed by atoms with Gasteiger partial charge in [0.2, 0.25) is 5.91 Å². The van der Waals surface area contributed by atoms with Crippen LogP contribution in [0.15, 0.2) is 90.3 Å². The number of hydrogen-bond donors (Lipinski definition) is 3. The molecule has 0 bridgehead atoms. The van der Waals surface area contributed by atoms with Crippen molar-refractivity contribution in [2.75, 3.05) is 23.3 Å². The molecular weight excluding hydrogens is 503 g/mol. The number of ketones is 1. The molecule has 204 valence electrons. The normalized spacial score (nSPS) is 18.1. The molecule has 0 saturated heterocycles. The topological polar surface area (TPSA) is 77.2 Å². The van der Waals surface area contributed by atoms with E-state index in [9.17, 15) is 9.59 Å². The summed E-state index contributed by atoms with van der Waals surface area (Å²) in [7, 11) is 0. The average molecular weight is 537 g/mol. The number of carbonyl (C=O) groups excluding carboxylic acids is 2. The van der Waals surface area contributed by atoms with Gasteiger partial charge in [-0.2, -0.15) is 0 Å². The van der Waals surface area contributed by atoms with E-state index in [1.807, 2.05) is 53.6 Å². The first kappa shape index (κ1) is 25.9.